The van der Waals surface area contributed by atoms with Crippen molar-refractivity contribution < 1.29 is 28.6 Å². The third-order valence-corrected chi connectivity index (χ3v) is 14.6. The van der Waals surface area contributed by atoms with E-state index in [1.54, 1.807) is 0 Å². The topological polar surface area (TPSA) is 78.9 Å². The van der Waals surface area contributed by atoms with Crippen LogP contribution >= 0.6 is 0 Å². The van der Waals surface area contributed by atoms with E-state index in [1.165, 1.54) is 218 Å². The van der Waals surface area contributed by atoms with Crippen LogP contribution in [0.1, 0.15) is 337 Å². The van der Waals surface area contributed by atoms with Crippen molar-refractivity contribution in [1.29, 1.82) is 0 Å². The molecule has 0 aliphatic heterocycles. The summed E-state index contributed by atoms with van der Waals surface area (Å²) in [6.45, 7) is 13.8. The molecule has 0 aliphatic rings. The smallest absolute Gasteiger partial charge is 0.306 e. The van der Waals surface area contributed by atoms with E-state index in [0.717, 1.165) is 75.5 Å². The molecule has 0 radical (unpaired) electrons. The van der Waals surface area contributed by atoms with Gasteiger partial charge in [-0.2, -0.15) is 0 Å². The van der Waals surface area contributed by atoms with Crippen LogP contribution in [-0.4, -0.2) is 37.2 Å². The molecule has 67 heavy (non-hydrogen) atoms. The summed E-state index contributed by atoms with van der Waals surface area (Å²) in [5.41, 5.74) is 0. The second-order valence-corrected chi connectivity index (χ2v) is 21.9. The highest BCUT2D eigenvalue weighted by Crippen LogP contribution is 2.19. The highest BCUT2D eigenvalue weighted by atomic mass is 16.6. The van der Waals surface area contributed by atoms with Gasteiger partial charge in [-0.25, -0.2) is 0 Å². The van der Waals surface area contributed by atoms with E-state index in [4.69, 9.17) is 14.2 Å². The lowest BCUT2D eigenvalue weighted by molar-refractivity contribution is -0.167. The zero-order valence-electron chi connectivity index (χ0n) is 46.2. The van der Waals surface area contributed by atoms with Crippen LogP contribution in [0.5, 0.6) is 0 Å². The Labute approximate surface area is 418 Å². The molecule has 0 bridgehead atoms. The number of hydrogen-bond acceptors (Lipinski definition) is 6. The highest BCUT2D eigenvalue weighted by Gasteiger charge is 2.19. The molecule has 0 spiro atoms. The van der Waals surface area contributed by atoms with Crippen molar-refractivity contribution in [2.24, 2.45) is 17.8 Å². The van der Waals surface area contributed by atoms with Crippen LogP contribution in [-0.2, 0) is 28.6 Å². The first-order chi connectivity index (χ1) is 32.7. The number of ether oxygens (including phenoxy) is 3. The van der Waals surface area contributed by atoms with Crippen LogP contribution in [0, 0.1) is 17.8 Å². The van der Waals surface area contributed by atoms with Crippen molar-refractivity contribution >= 4 is 17.9 Å². The summed E-state index contributed by atoms with van der Waals surface area (Å²) >= 11 is 0. The van der Waals surface area contributed by atoms with Crippen molar-refractivity contribution in [2.75, 3.05) is 13.2 Å². The van der Waals surface area contributed by atoms with Crippen LogP contribution in [0.4, 0.5) is 0 Å². The predicted molar refractivity (Wildman–Crippen MR) is 289 cm³/mol. The molecule has 0 aromatic heterocycles. The minimum absolute atomic E-state index is 0.0640. The van der Waals surface area contributed by atoms with Gasteiger partial charge < -0.3 is 14.2 Å². The molecule has 0 aromatic carbocycles. The number of carbonyl (C=O) groups excluding carboxylic acids is 3. The molecule has 2 unspecified atom stereocenters. The van der Waals surface area contributed by atoms with Gasteiger partial charge in [-0.15, -0.1) is 0 Å². The minimum atomic E-state index is -0.764. The van der Waals surface area contributed by atoms with Gasteiger partial charge in [0.1, 0.15) is 13.2 Å². The van der Waals surface area contributed by atoms with Crippen LogP contribution in [0.15, 0.2) is 0 Å². The third kappa shape index (κ3) is 52.1. The Balaban J connectivity index is 4.23. The summed E-state index contributed by atoms with van der Waals surface area (Å²) in [6, 6.07) is 0. The van der Waals surface area contributed by atoms with Crippen LogP contribution in [0.25, 0.3) is 0 Å². The van der Waals surface area contributed by atoms with E-state index in [1.807, 2.05) is 0 Å². The first-order valence-corrected chi connectivity index (χ1v) is 30.2. The molecular weight excluding hydrogens is 829 g/mol. The van der Waals surface area contributed by atoms with Crippen molar-refractivity contribution in [3.8, 4) is 0 Å². The Kier molecular flexibility index (Phi) is 51.0. The molecule has 0 aliphatic carbocycles. The number of esters is 3. The lowest BCUT2D eigenvalue weighted by atomic mass is 9.99. The fourth-order valence-electron chi connectivity index (χ4n) is 9.29. The molecule has 0 saturated carbocycles. The average molecular weight is 948 g/mol. The normalized spacial score (nSPS) is 12.9. The van der Waals surface area contributed by atoms with Gasteiger partial charge in [-0.1, -0.05) is 298 Å². The Morgan fingerprint density at radius 3 is 0.776 bits per heavy atom. The summed E-state index contributed by atoms with van der Waals surface area (Å²) in [7, 11) is 0. The standard InChI is InChI=1S/C61H118O6/c1-7-56(5)48-42-36-30-26-22-18-15-16-19-23-27-31-38-44-50-59(62)65-53-58(54-66-60(63)51-45-39-34-33-37-43-49-57(6)8-2)67-61(64)52-46-40-32-28-24-20-14-12-10-9-11-13-17-21-25-29-35-41-47-55(3)4/h55-58H,7-54H2,1-6H3/t56?,57?,58-/m1/s1. The van der Waals surface area contributed by atoms with E-state index in [9.17, 15) is 14.4 Å². The van der Waals surface area contributed by atoms with E-state index < -0.39 is 6.10 Å². The van der Waals surface area contributed by atoms with Crippen LogP contribution in [0.3, 0.4) is 0 Å². The second-order valence-electron chi connectivity index (χ2n) is 21.9. The highest BCUT2D eigenvalue weighted by molar-refractivity contribution is 5.71. The maximum absolute atomic E-state index is 12.9. The molecule has 398 valence electrons. The number of carbonyl (C=O) groups is 3. The number of unbranched alkanes of at least 4 members (excludes halogenated alkanes) is 35. The predicted octanol–water partition coefficient (Wildman–Crippen LogP) is 19.9. The summed E-state index contributed by atoms with van der Waals surface area (Å²) in [6.07, 6.45) is 55.3. The summed E-state index contributed by atoms with van der Waals surface area (Å²) in [4.78, 5) is 38.1. The Morgan fingerprint density at radius 1 is 0.299 bits per heavy atom. The Bertz CT molecular complexity index is 1040. The molecule has 0 saturated heterocycles. The van der Waals surface area contributed by atoms with Crippen molar-refractivity contribution in [3.63, 3.8) is 0 Å². The average Bonchev–Trinajstić information content (AvgIpc) is 3.31. The van der Waals surface area contributed by atoms with Crippen LogP contribution in [0.2, 0.25) is 0 Å². The Hall–Kier alpha value is -1.59. The monoisotopic (exact) mass is 947 g/mol. The molecule has 6 heteroatoms. The Morgan fingerprint density at radius 2 is 0.522 bits per heavy atom. The summed E-state index contributed by atoms with van der Waals surface area (Å²) < 4.78 is 16.9. The molecule has 0 N–H and O–H groups in total. The molecule has 3 atom stereocenters. The van der Waals surface area contributed by atoms with Gasteiger partial charge in [0.25, 0.3) is 0 Å². The quantitative estimate of drug-likeness (QED) is 0.0343. The van der Waals surface area contributed by atoms with Crippen LogP contribution < -0.4 is 0 Å². The largest absolute Gasteiger partial charge is 0.462 e. The number of hydrogen-bond donors (Lipinski definition) is 0. The molecule has 0 aromatic rings. The fourth-order valence-corrected chi connectivity index (χ4v) is 9.29. The molecule has 0 rings (SSSR count). The van der Waals surface area contributed by atoms with Gasteiger partial charge in [0.05, 0.1) is 0 Å². The number of rotatable bonds is 54. The van der Waals surface area contributed by atoms with Crippen molar-refractivity contribution in [1.82, 2.24) is 0 Å². The molecule has 0 fully saturated rings. The molecular formula is C61H118O6. The van der Waals surface area contributed by atoms with Crippen molar-refractivity contribution in [2.45, 2.75) is 343 Å². The van der Waals surface area contributed by atoms with Gasteiger partial charge >= 0.3 is 17.9 Å². The van der Waals surface area contributed by atoms with Gasteiger partial charge in [0.2, 0.25) is 0 Å². The zero-order chi connectivity index (χ0) is 49.1. The van der Waals surface area contributed by atoms with E-state index in [2.05, 4.69) is 41.5 Å². The summed E-state index contributed by atoms with van der Waals surface area (Å²) in [5.74, 6) is 1.72. The molecule has 6 nitrogen and oxygen atoms in total. The van der Waals surface area contributed by atoms with E-state index >= 15 is 0 Å². The second kappa shape index (κ2) is 52.2. The first-order valence-electron chi connectivity index (χ1n) is 30.2. The van der Waals surface area contributed by atoms with Gasteiger partial charge in [0.15, 0.2) is 6.10 Å². The summed E-state index contributed by atoms with van der Waals surface area (Å²) in [5, 5.41) is 0. The molecule has 0 amide bonds. The van der Waals surface area contributed by atoms with Crippen molar-refractivity contribution in [3.05, 3.63) is 0 Å². The third-order valence-electron chi connectivity index (χ3n) is 14.6. The maximum Gasteiger partial charge on any atom is 0.306 e. The lowest BCUT2D eigenvalue weighted by Gasteiger charge is -2.18. The SMILES string of the molecule is CCC(C)CCCCCCCCCCCCCCCCC(=O)OC[C@H](COC(=O)CCCCCCCCC(C)CC)OC(=O)CCCCCCCCCCCCCCCCCCCCC(C)C. The lowest BCUT2D eigenvalue weighted by Crippen LogP contribution is -2.30. The van der Waals surface area contributed by atoms with E-state index in [0.29, 0.717) is 19.3 Å². The van der Waals surface area contributed by atoms with Gasteiger partial charge in [0, 0.05) is 19.3 Å². The fraction of sp³-hybridized carbons (Fsp3) is 0.951. The van der Waals surface area contributed by atoms with E-state index in [-0.39, 0.29) is 31.1 Å². The minimum Gasteiger partial charge on any atom is -0.462 e. The first kappa shape index (κ1) is 65.4. The molecule has 0 heterocycles. The maximum atomic E-state index is 12.9. The zero-order valence-corrected chi connectivity index (χ0v) is 46.2. The van der Waals surface area contributed by atoms with Gasteiger partial charge in [-0.05, 0) is 37.0 Å². The van der Waals surface area contributed by atoms with Gasteiger partial charge in [-0.3, -0.25) is 14.4 Å².